The Bertz CT molecular complexity index is 406. The second-order valence-corrected chi connectivity index (χ2v) is 6.16. The van der Waals surface area contributed by atoms with Gasteiger partial charge in [-0.3, -0.25) is 9.80 Å². The van der Waals surface area contributed by atoms with E-state index >= 15 is 0 Å². The van der Waals surface area contributed by atoms with Gasteiger partial charge in [0.15, 0.2) is 0 Å². The number of hydrogen-bond acceptors (Lipinski definition) is 3. The molecule has 3 rings (SSSR count). The summed E-state index contributed by atoms with van der Waals surface area (Å²) in [6.07, 6.45) is 4.08. The average molecular weight is 273 g/mol. The van der Waals surface area contributed by atoms with E-state index in [9.17, 15) is 0 Å². The predicted molar refractivity (Wildman–Crippen MR) is 83.9 cm³/mol. The van der Waals surface area contributed by atoms with Crippen LogP contribution in [0.3, 0.4) is 0 Å². The Kier molecular flexibility index (Phi) is 4.71. The van der Waals surface area contributed by atoms with Crippen LogP contribution >= 0.6 is 0 Å². The molecule has 110 valence electrons. The third kappa shape index (κ3) is 3.05. The lowest BCUT2D eigenvalue weighted by molar-refractivity contribution is 0.171. The van der Waals surface area contributed by atoms with Crippen LogP contribution in [0.5, 0.6) is 0 Å². The van der Waals surface area contributed by atoms with Gasteiger partial charge in [0, 0.05) is 31.7 Å². The number of fused-ring (bicyclic) bond motifs is 1. The molecule has 0 spiro atoms. The standard InChI is InChI=1S/C17H27N3/c1-18-13-17(15-7-3-2-4-8-15)20-12-6-11-19-10-5-9-16(19)14-20/h2-4,7-8,16-18H,5-6,9-14H2,1H3. The predicted octanol–water partition coefficient (Wildman–Crippen LogP) is 2.12. The Hall–Kier alpha value is -0.900. The molecule has 0 aromatic heterocycles. The fraction of sp³-hybridized carbons (Fsp3) is 0.647. The Labute approximate surface area is 123 Å². The molecular weight excluding hydrogens is 246 g/mol. The summed E-state index contributed by atoms with van der Waals surface area (Å²) in [6, 6.07) is 12.3. The fourth-order valence-electron chi connectivity index (χ4n) is 3.84. The summed E-state index contributed by atoms with van der Waals surface area (Å²) in [6.45, 7) is 6.12. The summed E-state index contributed by atoms with van der Waals surface area (Å²) >= 11 is 0. The first-order chi connectivity index (χ1) is 9.88. The van der Waals surface area contributed by atoms with E-state index < -0.39 is 0 Å². The lowest BCUT2D eigenvalue weighted by Gasteiger charge is -2.33. The molecule has 0 saturated carbocycles. The summed E-state index contributed by atoms with van der Waals surface area (Å²) in [4.78, 5) is 5.42. The van der Waals surface area contributed by atoms with Crippen molar-refractivity contribution in [3.05, 3.63) is 35.9 Å². The first-order valence-corrected chi connectivity index (χ1v) is 8.06. The van der Waals surface area contributed by atoms with E-state index in [1.54, 1.807) is 0 Å². The third-order valence-electron chi connectivity index (χ3n) is 4.86. The molecular formula is C17H27N3. The second kappa shape index (κ2) is 6.70. The number of hydrogen-bond donors (Lipinski definition) is 1. The minimum atomic E-state index is 0.516. The number of rotatable bonds is 4. The van der Waals surface area contributed by atoms with Gasteiger partial charge in [-0.25, -0.2) is 0 Å². The quantitative estimate of drug-likeness (QED) is 0.906. The van der Waals surface area contributed by atoms with E-state index in [1.807, 2.05) is 0 Å². The van der Waals surface area contributed by atoms with Crippen LogP contribution in [0.4, 0.5) is 0 Å². The summed E-state index contributed by atoms with van der Waals surface area (Å²) in [7, 11) is 2.07. The van der Waals surface area contributed by atoms with Gasteiger partial charge in [0.25, 0.3) is 0 Å². The number of likely N-dealkylation sites (N-methyl/N-ethyl adjacent to an activating group) is 1. The van der Waals surface area contributed by atoms with Gasteiger partial charge in [-0.05, 0) is 45.0 Å². The van der Waals surface area contributed by atoms with Gasteiger partial charge in [0.2, 0.25) is 0 Å². The largest absolute Gasteiger partial charge is 0.318 e. The zero-order valence-corrected chi connectivity index (χ0v) is 12.6. The van der Waals surface area contributed by atoms with Gasteiger partial charge in [-0.1, -0.05) is 30.3 Å². The van der Waals surface area contributed by atoms with Crippen molar-refractivity contribution in [2.24, 2.45) is 0 Å². The molecule has 3 nitrogen and oxygen atoms in total. The summed E-state index contributed by atoms with van der Waals surface area (Å²) in [5, 5.41) is 3.39. The molecule has 2 unspecified atom stereocenters. The molecule has 2 heterocycles. The van der Waals surface area contributed by atoms with Crippen molar-refractivity contribution in [1.29, 1.82) is 0 Å². The molecule has 2 fully saturated rings. The van der Waals surface area contributed by atoms with Crippen molar-refractivity contribution in [1.82, 2.24) is 15.1 Å². The van der Waals surface area contributed by atoms with Gasteiger partial charge in [-0.2, -0.15) is 0 Å². The van der Waals surface area contributed by atoms with Crippen LogP contribution in [0.1, 0.15) is 30.9 Å². The average Bonchev–Trinajstić information content (AvgIpc) is 2.83. The number of nitrogens with zero attached hydrogens (tertiary/aromatic N) is 2. The van der Waals surface area contributed by atoms with Crippen LogP contribution in [0.15, 0.2) is 30.3 Å². The smallest absolute Gasteiger partial charge is 0.0473 e. The van der Waals surface area contributed by atoms with Crippen molar-refractivity contribution in [2.75, 3.05) is 39.8 Å². The lowest BCUT2D eigenvalue weighted by Crippen LogP contribution is -2.41. The molecule has 2 aliphatic rings. The van der Waals surface area contributed by atoms with Crippen LogP contribution in [0.2, 0.25) is 0 Å². The Morgan fingerprint density at radius 2 is 1.95 bits per heavy atom. The Morgan fingerprint density at radius 1 is 1.15 bits per heavy atom. The SMILES string of the molecule is CNCC(c1ccccc1)N1CCCN2CCCC2C1. The molecule has 2 atom stereocenters. The van der Waals surface area contributed by atoms with Gasteiger partial charge in [-0.15, -0.1) is 0 Å². The Morgan fingerprint density at radius 3 is 2.75 bits per heavy atom. The van der Waals surface area contributed by atoms with Crippen molar-refractivity contribution in [3.8, 4) is 0 Å². The molecule has 1 aromatic carbocycles. The molecule has 0 radical (unpaired) electrons. The van der Waals surface area contributed by atoms with Crippen LogP contribution < -0.4 is 5.32 Å². The monoisotopic (exact) mass is 273 g/mol. The zero-order valence-electron chi connectivity index (χ0n) is 12.6. The van der Waals surface area contributed by atoms with Crippen molar-refractivity contribution in [2.45, 2.75) is 31.3 Å². The van der Waals surface area contributed by atoms with Crippen molar-refractivity contribution >= 4 is 0 Å². The second-order valence-electron chi connectivity index (χ2n) is 6.16. The minimum absolute atomic E-state index is 0.516. The maximum Gasteiger partial charge on any atom is 0.0473 e. The molecule has 20 heavy (non-hydrogen) atoms. The first-order valence-electron chi connectivity index (χ1n) is 8.06. The molecule has 2 saturated heterocycles. The third-order valence-corrected chi connectivity index (χ3v) is 4.86. The zero-order chi connectivity index (χ0) is 13.8. The first kappa shape index (κ1) is 14.1. The molecule has 1 aromatic rings. The molecule has 0 aliphatic carbocycles. The lowest BCUT2D eigenvalue weighted by atomic mass is 10.0. The highest BCUT2D eigenvalue weighted by Crippen LogP contribution is 2.27. The molecule has 0 bridgehead atoms. The van der Waals surface area contributed by atoms with E-state index in [4.69, 9.17) is 0 Å². The van der Waals surface area contributed by atoms with E-state index in [-0.39, 0.29) is 0 Å². The van der Waals surface area contributed by atoms with Gasteiger partial charge < -0.3 is 5.32 Å². The normalized spacial score (nSPS) is 26.1. The molecule has 1 N–H and O–H groups in total. The fourth-order valence-corrected chi connectivity index (χ4v) is 3.84. The maximum absolute atomic E-state index is 3.39. The summed E-state index contributed by atoms with van der Waals surface area (Å²) in [5.41, 5.74) is 1.45. The number of benzene rings is 1. The van der Waals surface area contributed by atoms with E-state index in [0.29, 0.717) is 6.04 Å². The topological polar surface area (TPSA) is 18.5 Å². The number of nitrogens with one attached hydrogen (secondary N) is 1. The van der Waals surface area contributed by atoms with Crippen molar-refractivity contribution in [3.63, 3.8) is 0 Å². The van der Waals surface area contributed by atoms with Crippen LogP contribution in [0, 0.1) is 0 Å². The molecule has 0 amide bonds. The van der Waals surface area contributed by atoms with E-state index in [0.717, 1.165) is 12.6 Å². The summed E-state index contributed by atoms with van der Waals surface area (Å²) < 4.78 is 0. The van der Waals surface area contributed by atoms with Gasteiger partial charge >= 0.3 is 0 Å². The maximum atomic E-state index is 3.39. The molecule has 2 aliphatic heterocycles. The van der Waals surface area contributed by atoms with Gasteiger partial charge in [0.05, 0.1) is 0 Å². The van der Waals surface area contributed by atoms with Crippen molar-refractivity contribution < 1.29 is 0 Å². The summed E-state index contributed by atoms with van der Waals surface area (Å²) in [5.74, 6) is 0. The highest BCUT2D eigenvalue weighted by molar-refractivity contribution is 5.19. The Balaban J connectivity index is 1.76. The van der Waals surface area contributed by atoms with Crippen LogP contribution in [0.25, 0.3) is 0 Å². The highest BCUT2D eigenvalue weighted by atomic mass is 15.3. The van der Waals surface area contributed by atoms with Gasteiger partial charge in [0.1, 0.15) is 0 Å². The minimum Gasteiger partial charge on any atom is -0.318 e. The van der Waals surface area contributed by atoms with E-state index in [1.165, 1.54) is 51.0 Å². The highest BCUT2D eigenvalue weighted by Gasteiger charge is 2.31. The molecule has 3 heteroatoms. The van der Waals surface area contributed by atoms with E-state index in [2.05, 4.69) is 52.5 Å². The van der Waals surface area contributed by atoms with Crippen LogP contribution in [-0.2, 0) is 0 Å². The van der Waals surface area contributed by atoms with Crippen LogP contribution in [-0.4, -0.2) is 55.6 Å².